The van der Waals surface area contributed by atoms with Gasteiger partial charge in [-0.3, -0.25) is 0 Å². The second-order valence-corrected chi connectivity index (χ2v) is 10.7. The Balaban J connectivity index is 5.45. The predicted octanol–water partition coefficient (Wildman–Crippen LogP) is 5.46. The summed E-state index contributed by atoms with van der Waals surface area (Å²) in [5.74, 6) is 0. The standard InChI is InChI=1S/C20H42O3/c1-16(2,3)20(13-21-17(4,5)6,14-22-18(7,8)9)15-23-19(10,11)12/h13-15H2,1-12H3. The molecule has 0 aliphatic rings. The van der Waals surface area contributed by atoms with Crippen molar-refractivity contribution in [1.29, 1.82) is 0 Å². The Hall–Kier alpha value is -0.120. The minimum Gasteiger partial charge on any atom is -0.375 e. The van der Waals surface area contributed by atoms with Gasteiger partial charge in [0, 0.05) is 5.41 Å². The van der Waals surface area contributed by atoms with Gasteiger partial charge >= 0.3 is 0 Å². The van der Waals surface area contributed by atoms with E-state index in [4.69, 9.17) is 14.2 Å². The highest BCUT2D eigenvalue weighted by Gasteiger charge is 2.45. The maximum absolute atomic E-state index is 6.19. The SMILES string of the molecule is CC(C)(C)OCC(COC(C)(C)C)(COC(C)(C)C)C(C)(C)C. The van der Waals surface area contributed by atoms with Gasteiger partial charge in [-0.2, -0.15) is 0 Å². The van der Waals surface area contributed by atoms with E-state index in [1.54, 1.807) is 0 Å². The molecule has 3 heteroatoms. The molecule has 0 radical (unpaired) electrons. The van der Waals surface area contributed by atoms with Crippen LogP contribution >= 0.6 is 0 Å². The van der Waals surface area contributed by atoms with Crippen LogP contribution in [0.15, 0.2) is 0 Å². The maximum atomic E-state index is 6.19. The monoisotopic (exact) mass is 330 g/mol. The van der Waals surface area contributed by atoms with Crippen molar-refractivity contribution in [2.24, 2.45) is 10.8 Å². The zero-order valence-corrected chi connectivity index (χ0v) is 17.8. The Bertz CT molecular complexity index is 299. The highest BCUT2D eigenvalue weighted by Crippen LogP contribution is 2.42. The summed E-state index contributed by atoms with van der Waals surface area (Å²) >= 11 is 0. The number of hydrogen-bond donors (Lipinski definition) is 0. The van der Waals surface area contributed by atoms with Crippen molar-refractivity contribution in [3.8, 4) is 0 Å². The van der Waals surface area contributed by atoms with E-state index in [0.717, 1.165) is 0 Å². The van der Waals surface area contributed by atoms with E-state index in [0.29, 0.717) is 19.8 Å². The van der Waals surface area contributed by atoms with Gasteiger partial charge in [0.15, 0.2) is 0 Å². The number of ether oxygens (including phenoxy) is 3. The first-order valence-electron chi connectivity index (χ1n) is 8.79. The van der Waals surface area contributed by atoms with Gasteiger partial charge in [-0.05, 0) is 67.7 Å². The Morgan fingerprint density at radius 2 is 0.652 bits per heavy atom. The molecule has 23 heavy (non-hydrogen) atoms. The Morgan fingerprint density at radius 1 is 0.435 bits per heavy atom. The van der Waals surface area contributed by atoms with Crippen LogP contribution in [0.5, 0.6) is 0 Å². The Morgan fingerprint density at radius 3 is 0.783 bits per heavy atom. The second-order valence-electron chi connectivity index (χ2n) is 10.7. The molecule has 0 unspecified atom stereocenters. The number of rotatable bonds is 6. The molecular formula is C20H42O3. The molecule has 0 atom stereocenters. The summed E-state index contributed by atoms with van der Waals surface area (Å²) in [6.45, 7) is 27.4. The normalized spacial score (nSPS) is 15.1. The van der Waals surface area contributed by atoms with Crippen molar-refractivity contribution in [2.75, 3.05) is 19.8 Å². The molecular weight excluding hydrogens is 288 g/mol. The average molecular weight is 331 g/mol. The van der Waals surface area contributed by atoms with E-state index >= 15 is 0 Å². The van der Waals surface area contributed by atoms with Crippen LogP contribution in [-0.2, 0) is 14.2 Å². The first-order valence-corrected chi connectivity index (χ1v) is 8.79. The predicted molar refractivity (Wildman–Crippen MR) is 99.0 cm³/mol. The maximum Gasteiger partial charge on any atom is 0.0598 e. The van der Waals surface area contributed by atoms with Gasteiger partial charge in [0.1, 0.15) is 0 Å². The van der Waals surface area contributed by atoms with Crippen LogP contribution in [0.2, 0.25) is 0 Å². The third-order valence-electron chi connectivity index (χ3n) is 3.94. The fraction of sp³-hybridized carbons (Fsp3) is 1.00. The lowest BCUT2D eigenvalue weighted by molar-refractivity contribution is -0.183. The smallest absolute Gasteiger partial charge is 0.0598 e. The summed E-state index contributed by atoms with van der Waals surface area (Å²) < 4.78 is 18.6. The largest absolute Gasteiger partial charge is 0.375 e. The zero-order chi connectivity index (χ0) is 18.7. The van der Waals surface area contributed by atoms with E-state index in [9.17, 15) is 0 Å². The van der Waals surface area contributed by atoms with Gasteiger partial charge in [-0.15, -0.1) is 0 Å². The van der Waals surface area contributed by atoms with Crippen LogP contribution < -0.4 is 0 Å². The fourth-order valence-electron chi connectivity index (χ4n) is 1.84. The summed E-state index contributed by atoms with van der Waals surface area (Å²) in [6, 6.07) is 0. The van der Waals surface area contributed by atoms with Crippen LogP contribution in [0.1, 0.15) is 83.1 Å². The molecule has 0 aromatic heterocycles. The van der Waals surface area contributed by atoms with Gasteiger partial charge < -0.3 is 14.2 Å². The van der Waals surface area contributed by atoms with Gasteiger partial charge in [0.05, 0.1) is 36.6 Å². The van der Waals surface area contributed by atoms with Crippen molar-refractivity contribution in [1.82, 2.24) is 0 Å². The number of hydrogen-bond acceptors (Lipinski definition) is 3. The quantitative estimate of drug-likeness (QED) is 0.647. The molecule has 0 fully saturated rings. The zero-order valence-electron chi connectivity index (χ0n) is 17.8. The van der Waals surface area contributed by atoms with Crippen molar-refractivity contribution in [3.63, 3.8) is 0 Å². The minimum absolute atomic E-state index is 0.00521. The summed E-state index contributed by atoms with van der Waals surface area (Å²) in [4.78, 5) is 0. The van der Waals surface area contributed by atoms with Gasteiger partial charge in [0.25, 0.3) is 0 Å². The fourth-order valence-corrected chi connectivity index (χ4v) is 1.84. The lowest BCUT2D eigenvalue weighted by Crippen LogP contribution is -2.51. The second kappa shape index (κ2) is 7.41. The molecule has 0 saturated carbocycles. The topological polar surface area (TPSA) is 27.7 Å². The van der Waals surface area contributed by atoms with Crippen LogP contribution in [-0.4, -0.2) is 36.6 Å². The molecule has 0 bridgehead atoms. The highest BCUT2D eigenvalue weighted by molar-refractivity contribution is 4.92. The Kier molecular flexibility index (Phi) is 7.37. The summed E-state index contributed by atoms with van der Waals surface area (Å²) in [7, 11) is 0. The van der Waals surface area contributed by atoms with Crippen LogP contribution in [0.25, 0.3) is 0 Å². The van der Waals surface area contributed by atoms with E-state index in [1.165, 1.54) is 0 Å². The molecule has 140 valence electrons. The van der Waals surface area contributed by atoms with E-state index in [2.05, 4.69) is 83.1 Å². The molecule has 0 aliphatic carbocycles. The van der Waals surface area contributed by atoms with Crippen molar-refractivity contribution < 1.29 is 14.2 Å². The van der Waals surface area contributed by atoms with Gasteiger partial charge in [-0.25, -0.2) is 0 Å². The molecule has 0 aromatic rings. The third kappa shape index (κ3) is 9.69. The molecule has 0 aromatic carbocycles. The summed E-state index contributed by atoms with van der Waals surface area (Å²) in [6.07, 6.45) is 0. The van der Waals surface area contributed by atoms with Crippen molar-refractivity contribution >= 4 is 0 Å². The molecule has 0 rings (SSSR count). The van der Waals surface area contributed by atoms with Gasteiger partial charge in [0.2, 0.25) is 0 Å². The molecule has 0 amide bonds. The molecule has 3 nitrogen and oxygen atoms in total. The van der Waals surface area contributed by atoms with Crippen molar-refractivity contribution in [2.45, 2.75) is 99.9 Å². The van der Waals surface area contributed by atoms with Crippen molar-refractivity contribution in [3.05, 3.63) is 0 Å². The van der Waals surface area contributed by atoms with Gasteiger partial charge in [-0.1, -0.05) is 20.8 Å². The first-order chi connectivity index (χ1) is 9.87. The third-order valence-corrected chi connectivity index (χ3v) is 3.94. The first kappa shape index (κ1) is 22.9. The minimum atomic E-state index is -0.208. The summed E-state index contributed by atoms with van der Waals surface area (Å²) in [5, 5.41) is 0. The Labute approximate surface area is 145 Å². The van der Waals surface area contributed by atoms with E-state index in [-0.39, 0.29) is 27.6 Å². The molecule has 0 aliphatic heterocycles. The van der Waals surface area contributed by atoms with Crippen LogP contribution in [0, 0.1) is 10.8 Å². The highest BCUT2D eigenvalue weighted by atomic mass is 16.5. The summed E-state index contributed by atoms with van der Waals surface area (Å²) in [5.41, 5.74) is -0.754. The van der Waals surface area contributed by atoms with E-state index in [1.807, 2.05) is 0 Å². The molecule has 0 saturated heterocycles. The van der Waals surface area contributed by atoms with E-state index < -0.39 is 0 Å². The lowest BCUT2D eigenvalue weighted by atomic mass is 9.67. The molecule has 0 heterocycles. The lowest BCUT2D eigenvalue weighted by Gasteiger charge is -2.47. The average Bonchev–Trinajstić information content (AvgIpc) is 2.22. The van der Waals surface area contributed by atoms with Crippen LogP contribution in [0.4, 0.5) is 0 Å². The van der Waals surface area contributed by atoms with Crippen LogP contribution in [0.3, 0.4) is 0 Å². The molecule has 0 spiro atoms. The molecule has 0 N–H and O–H groups in total.